The van der Waals surface area contributed by atoms with E-state index in [2.05, 4.69) is 52.8 Å². The van der Waals surface area contributed by atoms with E-state index < -0.39 is 13.7 Å². The van der Waals surface area contributed by atoms with E-state index in [0.29, 0.717) is 39.0 Å². The average Bonchev–Trinajstić information content (AvgIpc) is 3.58. The number of hydrogen-bond donors (Lipinski definition) is 1. The summed E-state index contributed by atoms with van der Waals surface area (Å²) in [6, 6.07) is 5.98. The summed E-state index contributed by atoms with van der Waals surface area (Å²) in [6.07, 6.45) is 7.83. The van der Waals surface area contributed by atoms with Crippen LogP contribution in [0.1, 0.15) is 51.2 Å². The fourth-order valence-electron chi connectivity index (χ4n) is 5.93. The monoisotopic (exact) mass is 594 g/mol. The highest BCUT2D eigenvalue weighted by Crippen LogP contribution is 2.37. The molecule has 5 rings (SSSR count). The highest BCUT2D eigenvalue weighted by molar-refractivity contribution is 6.76. The molecule has 42 heavy (non-hydrogen) atoms. The number of likely N-dealkylation sites (tertiary alicyclic amines) is 2. The Morgan fingerprint density at radius 3 is 2.64 bits per heavy atom. The third-order valence-electron chi connectivity index (χ3n) is 8.32. The number of carbonyl (C=O) groups excluding carboxylic acids is 1. The molecule has 3 aliphatic heterocycles. The number of nitrogens with one attached hydrogen (secondary N) is 1. The van der Waals surface area contributed by atoms with E-state index in [1.807, 2.05) is 42.7 Å². The SMILES string of the molecule is CC(C)(C)OC(=O)N1CCC(N2CC(CC#N)(n3cc(C4=NCN(COCC[Si](C)(C)C)c5[nH]ccc54)cn3)C2)CC1. The fourth-order valence-corrected chi connectivity index (χ4v) is 6.68. The van der Waals surface area contributed by atoms with Crippen LogP contribution in [0.4, 0.5) is 10.6 Å². The highest BCUT2D eigenvalue weighted by Gasteiger charge is 2.48. The van der Waals surface area contributed by atoms with Gasteiger partial charge in [-0.3, -0.25) is 14.6 Å². The number of amides is 1. The molecule has 2 aromatic rings. The number of ether oxygens (including phenoxy) is 2. The average molecular weight is 595 g/mol. The van der Waals surface area contributed by atoms with Gasteiger partial charge < -0.3 is 24.3 Å². The van der Waals surface area contributed by atoms with Crippen molar-refractivity contribution in [1.82, 2.24) is 24.6 Å². The van der Waals surface area contributed by atoms with Gasteiger partial charge in [0.2, 0.25) is 0 Å². The van der Waals surface area contributed by atoms with Crippen molar-refractivity contribution in [3.8, 4) is 6.07 Å². The molecular weight excluding hydrogens is 548 g/mol. The van der Waals surface area contributed by atoms with Crippen LogP contribution in [0.15, 0.2) is 29.6 Å². The number of aliphatic imine (C=N–C) groups is 1. The van der Waals surface area contributed by atoms with Gasteiger partial charge in [0, 0.05) is 70.4 Å². The summed E-state index contributed by atoms with van der Waals surface area (Å²) < 4.78 is 13.5. The molecular formula is C30H46N8O3Si. The van der Waals surface area contributed by atoms with E-state index in [0.717, 1.165) is 61.2 Å². The van der Waals surface area contributed by atoms with Crippen LogP contribution in [0.2, 0.25) is 25.7 Å². The maximum absolute atomic E-state index is 12.5. The summed E-state index contributed by atoms with van der Waals surface area (Å²) in [5.41, 5.74) is 2.06. The summed E-state index contributed by atoms with van der Waals surface area (Å²) in [4.78, 5) is 27.1. The Hall–Kier alpha value is -3.14. The largest absolute Gasteiger partial charge is 0.444 e. The molecule has 0 radical (unpaired) electrons. The quantitative estimate of drug-likeness (QED) is 0.337. The maximum Gasteiger partial charge on any atom is 0.410 e. The van der Waals surface area contributed by atoms with E-state index in [4.69, 9.17) is 19.6 Å². The second-order valence-electron chi connectivity index (χ2n) is 14.1. The summed E-state index contributed by atoms with van der Waals surface area (Å²) >= 11 is 0. The molecule has 2 saturated heterocycles. The third kappa shape index (κ3) is 6.74. The van der Waals surface area contributed by atoms with Crippen molar-refractivity contribution < 1.29 is 14.3 Å². The Morgan fingerprint density at radius 1 is 1.24 bits per heavy atom. The van der Waals surface area contributed by atoms with Gasteiger partial charge in [-0.25, -0.2) is 4.79 Å². The summed E-state index contributed by atoms with van der Waals surface area (Å²) in [6.45, 7) is 17.5. The number of hydrogen-bond acceptors (Lipinski definition) is 8. The molecule has 0 spiro atoms. The van der Waals surface area contributed by atoms with E-state index in [1.165, 1.54) is 0 Å². The molecule has 5 heterocycles. The van der Waals surface area contributed by atoms with Crippen molar-refractivity contribution in [2.75, 3.05) is 51.1 Å². The predicted octanol–water partition coefficient (Wildman–Crippen LogP) is 4.46. The smallest absolute Gasteiger partial charge is 0.410 e. The van der Waals surface area contributed by atoms with E-state index >= 15 is 0 Å². The molecule has 1 N–H and O–H groups in total. The van der Waals surface area contributed by atoms with Gasteiger partial charge in [-0.05, 0) is 45.7 Å². The fraction of sp³-hybridized carbons (Fsp3) is 0.667. The van der Waals surface area contributed by atoms with Crippen LogP contribution in [-0.2, 0) is 15.0 Å². The number of nitrogens with zero attached hydrogens (tertiary/aromatic N) is 7. The van der Waals surface area contributed by atoms with Gasteiger partial charge in [0.05, 0.1) is 24.4 Å². The Kier molecular flexibility index (Phi) is 8.56. The first-order chi connectivity index (χ1) is 19.9. The second kappa shape index (κ2) is 11.9. The van der Waals surface area contributed by atoms with Crippen molar-refractivity contribution >= 4 is 25.7 Å². The Bertz CT molecular complexity index is 1320. The number of aromatic nitrogens is 3. The first-order valence-corrected chi connectivity index (χ1v) is 18.8. The zero-order chi connectivity index (χ0) is 30.1. The van der Waals surface area contributed by atoms with Crippen molar-refractivity contribution in [2.24, 2.45) is 4.99 Å². The first kappa shape index (κ1) is 30.3. The molecule has 0 atom stereocenters. The van der Waals surface area contributed by atoms with Gasteiger partial charge in [-0.15, -0.1) is 0 Å². The number of H-pyrrole nitrogens is 1. The number of piperidine rings is 1. The van der Waals surface area contributed by atoms with Crippen LogP contribution >= 0.6 is 0 Å². The normalized spacial score (nSPS) is 19.6. The highest BCUT2D eigenvalue weighted by atomic mass is 28.3. The van der Waals surface area contributed by atoms with Crippen molar-refractivity contribution in [2.45, 2.75) is 82.9 Å². The molecule has 0 unspecified atom stereocenters. The number of rotatable bonds is 9. The van der Waals surface area contributed by atoms with Gasteiger partial charge in [-0.2, -0.15) is 10.4 Å². The zero-order valence-corrected chi connectivity index (χ0v) is 27.0. The van der Waals surface area contributed by atoms with Crippen LogP contribution < -0.4 is 4.90 Å². The van der Waals surface area contributed by atoms with Crippen molar-refractivity contribution in [1.29, 1.82) is 5.26 Å². The standard InChI is InChI=1S/C30H46N8O3Si/c1-29(2,3)41-28(39)35-13-8-24(9-14-35)36-19-30(20-36,10-11-31)38-18-23(17-34-38)26-25-7-12-32-27(25)37(21-33-26)22-40-15-16-42(4,5)6/h7,12,17-18,24,32H,8-10,13-16,19-22H2,1-6H3. The molecule has 0 bridgehead atoms. The van der Waals surface area contributed by atoms with Crippen LogP contribution in [-0.4, -0.2) is 102 Å². The zero-order valence-electron chi connectivity index (χ0n) is 26.0. The molecule has 11 nitrogen and oxygen atoms in total. The Morgan fingerprint density at radius 2 is 1.98 bits per heavy atom. The van der Waals surface area contributed by atoms with E-state index in [-0.39, 0.29) is 11.6 Å². The molecule has 0 saturated carbocycles. The summed E-state index contributed by atoms with van der Waals surface area (Å²) in [7, 11) is -1.13. The molecule has 2 aromatic heterocycles. The summed E-state index contributed by atoms with van der Waals surface area (Å²) in [5.74, 6) is 1.01. The molecule has 0 aliphatic carbocycles. The van der Waals surface area contributed by atoms with Crippen molar-refractivity contribution in [3.05, 3.63) is 35.8 Å². The minimum atomic E-state index is -1.13. The minimum absolute atomic E-state index is 0.235. The number of nitriles is 1. The number of carbonyl (C=O) groups is 1. The molecule has 12 heteroatoms. The number of aromatic amines is 1. The third-order valence-corrected chi connectivity index (χ3v) is 10.0. The van der Waals surface area contributed by atoms with Gasteiger partial charge in [0.1, 0.15) is 30.4 Å². The molecule has 0 aromatic carbocycles. The van der Waals surface area contributed by atoms with Gasteiger partial charge in [0.25, 0.3) is 0 Å². The van der Waals surface area contributed by atoms with Gasteiger partial charge in [0.15, 0.2) is 0 Å². The lowest BCUT2D eigenvalue weighted by atomic mass is 9.84. The minimum Gasteiger partial charge on any atom is -0.444 e. The molecule has 228 valence electrons. The lowest BCUT2D eigenvalue weighted by Crippen LogP contribution is -2.66. The summed E-state index contributed by atoms with van der Waals surface area (Å²) in [5, 5.41) is 14.5. The first-order valence-electron chi connectivity index (χ1n) is 15.1. The lowest BCUT2D eigenvalue weighted by Gasteiger charge is -2.53. The Balaban J connectivity index is 1.20. The maximum atomic E-state index is 12.5. The van der Waals surface area contributed by atoms with E-state index in [1.54, 1.807) is 0 Å². The number of anilines is 1. The predicted molar refractivity (Wildman–Crippen MR) is 166 cm³/mol. The van der Waals surface area contributed by atoms with Crippen LogP contribution in [0.5, 0.6) is 0 Å². The lowest BCUT2D eigenvalue weighted by molar-refractivity contribution is -0.0457. The molecule has 1 amide bonds. The second-order valence-corrected chi connectivity index (χ2v) is 19.7. The van der Waals surface area contributed by atoms with Gasteiger partial charge in [-0.1, -0.05) is 19.6 Å². The molecule has 3 aliphatic rings. The molecule has 2 fully saturated rings. The van der Waals surface area contributed by atoms with Crippen molar-refractivity contribution in [3.63, 3.8) is 0 Å². The van der Waals surface area contributed by atoms with Crippen LogP contribution in [0, 0.1) is 11.3 Å². The topological polar surface area (TPSA) is 115 Å². The van der Waals surface area contributed by atoms with E-state index in [9.17, 15) is 10.1 Å². The number of fused-ring (bicyclic) bond motifs is 1. The Labute approximate surface area is 250 Å². The van der Waals surface area contributed by atoms with Crippen LogP contribution in [0.25, 0.3) is 0 Å². The van der Waals surface area contributed by atoms with Gasteiger partial charge >= 0.3 is 6.09 Å². The van der Waals surface area contributed by atoms with Crippen LogP contribution in [0.3, 0.4) is 0 Å².